The Kier molecular flexibility index (Phi) is 6.94. The van der Waals surface area contributed by atoms with Gasteiger partial charge >= 0.3 is 0 Å². The molecule has 1 heterocycles. The van der Waals surface area contributed by atoms with Crippen molar-refractivity contribution in [3.63, 3.8) is 0 Å². The summed E-state index contributed by atoms with van der Waals surface area (Å²) in [5, 5.41) is 0. The second-order valence-electron chi connectivity index (χ2n) is 8.44. The van der Waals surface area contributed by atoms with Crippen molar-refractivity contribution in [3.8, 4) is 0 Å². The molecule has 1 saturated heterocycles. The average molecular weight is 347 g/mol. The first kappa shape index (κ1) is 18.2. The molecule has 0 aromatic heterocycles. The number of hydrogen-bond acceptors (Lipinski definition) is 0. The van der Waals surface area contributed by atoms with Gasteiger partial charge < -0.3 is 0 Å². The van der Waals surface area contributed by atoms with E-state index >= 15 is 0 Å². The van der Waals surface area contributed by atoms with Crippen molar-refractivity contribution in [3.05, 3.63) is 35.6 Å². The molecular formula is C22H35FSi. The molecule has 1 aromatic rings. The molecule has 1 aliphatic heterocycles. The van der Waals surface area contributed by atoms with Crippen molar-refractivity contribution >= 4 is 8.80 Å². The molecule has 0 radical (unpaired) electrons. The Bertz CT molecular complexity index is 467. The van der Waals surface area contributed by atoms with Crippen molar-refractivity contribution in [2.45, 2.75) is 94.7 Å². The lowest BCUT2D eigenvalue weighted by atomic mass is 9.85. The maximum atomic E-state index is 13.1. The highest BCUT2D eigenvalue weighted by atomic mass is 28.3. The minimum absolute atomic E-state index is 0.0995. The molecule has 1 aromatic carbocycles. The minimum atomic E-state index is -0.514. The van der Waals surface area contributed by atoms with Gasteiger partial charge in [-0.15, -0.1) is 0 Å². The van der Waals surface area contributed by atoms with Crippen LogP contribution in [-0.2, 0) is 0 Å². The van der Waals surface area contributed by atoms with E-state index in [1.54, 1.807) is 25.0 Å². The largest absolute Gasteiger partial charge is 0.207 e. The van der Waals surface area contributed by atoms with Crippen molar-refractivity contribution in [1.82, 2.24) is 0 Å². The Morgan fingerprint density at radius 1 is 0.917 bits per heavy atom. The zero-order chi connectivity index (χ0) is 16.8. The Balaban J connectivity index is 1.40. The van der Waals surface area contributed by atoms with E-state index in [4.69, 9.17) is 0 Å². The zero-order valence-electron chi connectivity index (χ0n) is 15.5. The van der Waals surface area contributed by atoms with E-state index in [1.807, 2.05) is 12.1 Å². The van der Waals surface area contributed by atoms with Gasteiger partial charge in [0.05, 0.1) is 0 Å². The van der Waals surface area contributed by atoms with Crippen molar-refractivity contribution < 1.29 is 4.39 Å². The van der Waals surface area contributed by atoms with E-state index in [1.165, 1.54) is 69.0 Å². The number of halogens is 1. The van der Waals surface area contributed by atoms with E-state index in [0.29, 0.717) is 5.92 Å². The molecule has 2 heteroatoms. The summed E-state index contributed by atoms with van der Waals surface area (Å²) in [5.74, 6) is 1.66. The predicted molar refractivity (Wildman–Crippen MR) is 105 cm³/mol. The lowest BCUT2D eigenvalue weighted by molar-refractivity contribution is 0.325. The van der Waals surface area contributed by atoms with E-state index in [-0.39, 0.29) is 5.82 Å². The standard InChI is InChI=1S/C22H35FSi/c1-2-3-4-5-18-6-12-22(13-7-18)24-16-14-20(15-17-24)19-8-10-21(23)11-9-19/h8-11,18,20,22,24H,2-7,12-17H2,1H3/t18-,20-,22-,24-. The summed E-state index contributed by atoms with van der Waals surface area (Å²) < 4.78 is 13.1. The molecule has 134 valence electrons. The van der Waals surface area contributed by atoms with E-state index in [0.717, 1.165) is 11.5 Å². The van der Waals surface area contributed by atoms with E-state index < -0.39 is 8.80 Å². The Morgan fingerprint density at radius 3 is 2.21 bits per heavy atom. The third-order valence-corrected chi connectivity index (χ3v) is 11.0. The fourth-order valence-corrected chi connectivity index (χ4v) is 9.51. The van der Waals surface area contributed by atoms with Gasteiger partial charge in [0.2, 0.25) is 0 Å². The fraction of sp³-hybridized carbons (Fsp3) is 0.727. The van der Waals surface area contributed by atoms with Crippen LogP contribution in [0.4, 0.5) is 4.39 Å². The Labute approximate surface area is 149 Å². The summed E-state index contributed by atoms with van der Waals surface area (Å²) in [7, 11) is -0.514. The summed E-state index contributed by atoms with van der Waals surface area (Å²) >= 11 is 0. The van der Waals surface area contributed by atoms with Gasteiger partial charge in [0.1, 0.15) is 5.82 Å². The first-order chi connectivity index (χ1) is 11.8. The molecule has 1 aliphatic carbocycles. The van der Waals surface area contributed by atoms with E-state index in [2.05, 4.69) is 6.92 Å². The van der Waals surface area contributed by atoms with Crippen LogP contribution in [0, 0.1) is 11.7 Å². The third kappa shape index (κ3) is 4.94. The highest BCUT2D eigenvalue weighted by molar-refractivity contribution is 6.60. The van der Waals surface area contributed by atoms with Crippen LogP contribution in [0.15, 0.2) is 24.3 Å². The van der Waals surface area contributed by atoms with Gasteiger partial charge in [0.25, 0.3) is 0 Å². The van der Waals surface area contributed by atoms with Crippen LogP contribution in [0.5, 0.6) is 0 Å². The highest BCUT2D eigenvalue weighted by Gasteiger charge is 2.32. The molecule has 0 atom stereocenters. The van der Waals surface area contributed by atoms with Crippen LogP contribution < -0.4 is 0 Å². The molecule has 2 fully saturated rings. The topological polar surface area (TPSA) is 0 Å². The summed E-state index contributed by atoms with van der Waals surface area (Å²) in [6.45, 7) is 2.31. The molecular weight excluding hydrogens is 311 g/mol. The van der Waals surface area contributed by atoms with Crippen LogP contribution >= 0.6 is 0 Å². The molecule has 1 saturated carbocycles. The molecule has 0 amide bonds. The number of unbranched alkanes of at least 4 members (excludes halogenated alkanes) is 2. The molecule has 3 rings (SSSR count). The van der Waals surface area contributed by atoms with Crippen LogP contribution in [0.2, 0.25) is 17.6 Å². The summed E-state index contributed by atoms with van der Waals surface area (Å²) in [4.78, 5) is 0. The van der Waals surface area contributed by atoms with Gasteiger partial charge in [0.15, 0.2) is 0 Å². The molecule has 0 bridgehead atoms. The summed E-state index contributed by atoms with van der Waals surface area (Å²) in [6, 6.07) is 10.4. The first-order valence-electron chi connectivity index (χ1n) is 10.5. The highest BCUT2D eigenvalue weighted by Crippen LogP contribution is 2.43. The summed E-state index contributed by atoms with van der Waals surface area (Å²) in [5.41, 5.74) is 2.52. The second kappa shape index (κ2) is 9.17. The van der Waals surface area contributed by atoms with Crippen LogP contribution in [0.1, 0.15) is 82.6 Å². The van der Waals surface area contributed by atoms with Gasteiger partial charge in [-0.1, -0.05) is 82.5 Å². The Hall–Kier alpha value is -0.633. The van der Waals surface area contributed by atoms with Crippen LogP contribution in [-0.4, -0.2) is 8.80 Å². The number of rotatable bonds is 6. The average Bonchev–Trinajstić information content (AvgIpc) is 2.63. The lowest BCUT2D eigenvalue weighted by Crippen LogP contribution is -2.29. The van der Waals surface area contributed by atoms with Crippen molar-refractivity contribution in [2.75, 3.05) is 0 Å². The second-order valence-corrected chi connectivity index (χ2v) is 12.1. The van der Waals surface area contributed by atoms with E-state index in [9.17, 15) is 4.39 Å². The minimum Gasteiger partial charge on any atom is -0.207 e. The monoisotopic (exact) mass is 346 g/mol. The fourth-order valence-electron chi connectivity index (χ4n) is 5.29. The zero-order valence-corrected chi connectivity index (χ0v) is 16.6. The van der Waals surface area contributed by atoms with Gasteiger partial charge in [-0.05, 0) is 47.9 Å². The SMILES string of the molecule is CCCCC[C@H]1CC[C@H]([Si@H]2CC[C@H](c3ccc(F)cc3)CC2)CC1. The molecule has 0 N–H and O–H groups in total. The molecule has 0 unspecified atom stereocenters. The summed E-state index contributed by atoms with van der Waals surface area (Å²) in [6.07, 6.45) is 14.7. The quantitative estimate of drug-likeness (QED) is 0.381. The third-order valence-electron chi connectivity index (χ3n) is 6.89. The first-order valence-corrected chi connectivity index (χ1v) is 12.8. The maximum Gasteiger partial charge on any atom is 0.123 e. The molecule has 0 nitrogen and oxygen atoms in total. The van der Waals surface area contributed by atoms with Crippen molar-refractivity contribution in [1.29, 1.82) is 0 Å². The van der Waals surface area contributed by atoms with Crippen LogP contribution in [0.25, 0.3) is 0 Å². The molecule has 0 spiro atoms. The molecule has 24 heavy (non-hydrogen) atoms. The van der Waals surface area contributed by atoms with Gasteiger partial charge in [-0.3, -0.25) is 0 Å². The van der Waals surface area contributed by atoms with Gasteiger partial charge in [-0.25, -0.2) is 4.39 Å². The van der Waals surface area contributed by atoms with Crippen LogP contribution in [0.3, 0.4) is 0 Å². The Morgan fingerprint density at radius 2 is 1.58 bits per heavy atom. The number of hydrogen-bond donors (Lipinski definition) is 0. The normalized spacial score (nSPS) is 31.1. The van der Waals surface area contributed by atoms with Gasteiger partial charge in [-0.2, -0.15) is 0 Å². The maximum absolute atomic E-state index is 13.1. The molecule has 2 aliphatic rings. The lowest BCUT2D eigenvalue weighted by Gasteiger charge is -2.37. The predicted octanol–water partition coefficient (Wildman–Crippen LogP) is 7.07. The smallest absolute Gasteiger partial charge is 0.123 e. The van der Waals surface area contributed by atoms with Crippen molar-refractivity contribution in [2.24, 2.45) is 5.92 Å². The number of benzene rings is 1. The van der Waals surface area contributed by atoms with Gasteiger partial charge in [0, 0.05) is 8.80 Å².